The van der Waals surface area contributed by atoms with E-state index in [0.717, 1.165) is 38.1 Å². The van der Waals surface area contributed by atoms with Crippen molar-refractivity contribution >= 4 is 51.3 Å². The number of amidine groups is 2. The van der Waals surface area contributed by atoms with E-state index in [4.69, 9.17) is 21.1 Å². The van der Waals surface area contributed by atoms with E-state index in [9.17, 15) is 4.79 Å². The molecule has 2 heterocycles. The minimum absolute atomic E-state index is 0.267. The van der Waals surface area contributed by atoms with Crippen molar-refractivity contribution in [3.8, 4) is 11.5 Å². The topological polar surface area (TPSA) is 88.4 Å². The molecule has 8 nitrogen and oxygen atoms in total. The molecule has 0 amide bonds. The van der Waals surface area contributed by atoms with Gasteiger partial charge in [-0.15, -0.1) is 0 Å². The zero-order valence-corrected chi connectivity index (χ0v) is 24.2. The highest BCUT2D eigenvalue weighted by atomic mass is 79.9. The van der Waals surface area contributed by atoms with Crippen molar-refractivity contribution in [1.82, 2.24) is 15.2 Å². The van der Waals surface area contributed by atoms with Crippen LogP contribution < -0.4 is 10.1 Å². The number of aldehydes is 1. The molecule has 1 aliphatic rings. The molecule has 0 unspecified atom stereocenters. The highest BCUT2D eigenvalue weighted by Gasteiger charge is 2.26. The summed E-state index contributed by atoms with van der Waals surface area (Å²) in [5, 5.41) is 3.74. The number of piperidine rings is 1. The summed E-state index contributed by atoms with van der Waals surface area (Å²) in [7, 11) is 1.78. The average Bonchev–Trinajstić information content (AvgIpc) is 2.85. The monoisotopic (exact) mass is 589 g/mol. The molecule has 1 aromatic heterocycles. The lowest BCUT2D eigenvalue weighted by molar-refractivity contribution is -0.00338. The van der Waals surface area contributed by atoms with E-state index >= 15 is 0 Å². The Labute approximate surface area is 232 Å². The highest BCUT2D eigenvalue weighted by molar-refractivity contribution is 9.10. The molecular weight excluding hydrogens is 558 g/mol. The summed E-state index contributed by atoms with van der Waals surface area (Å²) < 4.78 is 12.5. The number of pyridine rings is 1. The maximum absolute atomic E-state index is 11.1. The number of aliphatic imine (C=N–C) groups is 2. The molecule has 0 bridgehead atoms. The van der Waals surface area contributed by atoms with Crippen LogP contribution in [0.1, 0.15) is 50.9 Å². The van der Waals surface area contributed by atoms with Crippen LogP contribution in [0.25, 0.3) is 0 Å². The lowest BCUT2D eigenvalue weighted by Gasteiger charge is -2.37. The smallest absolute Gasteiger partial charge is 0.182 e. The van der Waals surface area contributed by atoms with E-state index in [2.05, 4.69) is 47.7 Å². The summed E-state index contributed by atoms with van der Waals surface area (Å²) >= 11 is 9.69. The fraction of sp³-hybridized carbons (Fsp3) is 0.407. The lowest BCUT2D eigenvalue weighted by Crippen LogP contribution is -2.42. The third-order valence-corrected chi connectivity index (χ3v) is 6.52. The summed E-state index contributed by atoms with van der Waals surface area (Å²) in [5.41, 5.74) is 0.197. The molecular formula is C27H33BrClN5O3. The average molecular weight is 591 g/mol. The van der Waals surface area contributed by atoms with Gasteiger partial charge in [0.2, 0.25) is 0 Å². The van der Waals surface area contributed by atoms with Crippen LogP contribution >= 0.6 is 27.5 Å². The largest absolute Gasteiger partial charge is 0.474 e. The second-order valence-corrected chi connectivity index (χ2v) is 10.9. The molecule has 0 saturated carbocycles. The van der Waals surface area contributed by atoms with Gasteiger partial charge in [0.05, 0.1) is 9.50 Å². The van der Waals surface area contributed by atoms with Crippen LogP contribution in [0.15, 0.2) is 57.4 Å². The second kappa shape index (κ2) is 12.6. The third-order valence-electron chi connectivity index (χ3n) is 5.61. The van der Waals surface area contributed by atoms with Gasteiger partial charge >= 0.3 is 0 Å². The first kappa shape index (κ1) is 28.7. The van der Waals surface area contributed by atoms with Gasteiger partial charge in [-0.2, -0.15) is 0 Å². The number of halogens is 2. The first-order valence-electron chi connectivity index (χ1n) is 12.0. The Morgan fingerprint density at radius 2 is 1.97 bits per heavy atom. The molecule has 0 spiro atoms. The van der Waals surface area contributed by atoms with E-state index in [-0.39, 0.29) is 11.5 Å². The van der Waals surface area contributed by atoms with Crippen LogP contribution in [0.2, 0.25) is 5.02 Å². The predicted molar refractivity (Wildman–Crippen MR) is 152 cm³/mol. The number of hydrogen-bond acceptors (Lipinski definition) is 7. The predicted octanol–water partition coefficient (Wildman–Crippen LogP) is 6.77. The normalized spacial score (nSPS) is 15.4. The van der Waals surface area contributed by atoms with Crippen LogP contribution in [-0.4, -0.2) is 53.6 Å². The first-order valence-corrected chi connectivity index (χ1v) is 13.2. The molecule has 0 radical (unpaired) electrons. The van der Waals surface area contributed by atoms with Crippen LogP contribution in [0.4, 0.5) is 5.82 Å². The van der Waals surface area contributed by atoms with Gasteiger partial charge in [-0.1, -0.05) is 11.6 Å². The van der Waals surface area contributed by atoms with Crippen molar-refractivity contribution in [2.45, 2.75) is 46.1 Å². The fourth-order valence-corrected chi connectivity index (χ4v) is 4.34. The minimum Gasteiger partial charge on any atom is -0.474 e. The molecule has 1 fully saturated rings. The summed E-state index contributed by atoms with van der Waals surface area (Å²) in [6.07, 6.45) is 4.20. The molecule has 1 aromatic carbocycles. The first-order chi connectivity index (χ1) is 17.5. The van der Waals surface area contributed by atoms with Crippen molar-refractivity contribution in [3.63, 3.8) is 0 Å². The molecule has 3 rings (SSSR count). The van der Waals surface area contributed by atoms with Gasteiger partial charge in [0.1, 0.15) is 35.1 Å². The number of carbonyl (C=O) groups is 1. The maximum atomic E-state index is 11.1. The zero-order valence-electron chi connectivity index (χ0n) is 21.8. The lowest BCUT2D eigenvalue weighted by atomic mass is 9.95. The molecule has 0 aliphatic carbocycles. The van der Waals surface area contributed by atoms with Crippen molar-refractivity contribution in [2.75, 3.05) is 20.1 Å². The van der Waals surface area contributed by atoms with E-state index in [1.165, 1.54) is 0 Å². The number of nitrogens with one attached hydrogen (secondary N) is 1. The van der Waals surface area contributed by atoms with Crippen molar-refractivity contribution in [2.24, 2.45) is 15.9 Å². The Bertz CT molecular complexity index is 1200. The Morgan fingerprint density at radius 1 is 1.27 bits per heavy atom. The van der Waals surface area contributed by atoms with Gasteiger partial charge in [0, 0.05) is 43.9 Å². The number of carbonyl (C=O) groups excluding carboxylic acids is 1. The molecule has 0 atom stereocenters. The third kappa shape index (κ3) is 8.30. The summed E-state index contributed by atoms with van der Waals surface area (Å²) in [5.74, 6) is 3.82. The molecule has 2 aromatic rings. The Hall–Kier alpha value is -2.91. The van der Waals surface area contributed by atoms with Crippen molar-refractivity contribution < 1.29 is 14.3 Å². The van der Waals surface area contributed by atoms with Gasteiger partial charge < -0.3 is 19.7 Å². The Morgan fingerprint density at radius 3 is 2.59 bits per heavy atom. The van der Waals surface area contributed by atoms with Crippen molar-refractivity contribution in [3.05, 3.63) is 58.0 Å². The summed E-state index contributed by atoms with van der Waals surface area (Å²) in [6, 6.07) is 6.52. The van der Waals surface area contributed by atoms with Gasteiger partial charge in [0.25, 0.3) is 0 Å². The molecule has 10 heteroatoms. The number of benzene rings is 1. The minimum atomic E-state index is -0.267. The highest BCUT2D eigenvalue weighted by Crippen LogP contribution is 2.35. The van der Waals surface area contributed by atoms with Crippen LogP contribution in [0, 0.1) is 5.92 Å². The number of rotatable bonds is 7. The van der Waals surface area contributed by atoms with E-state index in [1.54, 1.807) is 37.5 Å². The fourth-order valence-electron chi connectivity index (χ4n) is 3.89. The quantitative estimate of drug-likeness (QED) is 0.166. The van der Waals surface area contributed by atoms with Crippen molar-refractivity contribution in [1.29, 1.82) is 0 Å². The van der Waals surface area contributed by atoms with Crippen LogP contribution in [0.5, 0.6) is 11.5 Å². The van der Waals surface area contributed by atoms with E-state index < -0.39 is 0 Å². The molecule has 1 aliphatic heterocycles. The zero-order chi connectivity index (χ0) is 27.2. The summed E-state index contributed by atoms with van der Waals surface area (Å²) in [6.45, 7) is 13.7. The van der Waals surface area contributed by atoms with Gasteiger partial charge in [-0.25, -0.2) is 9.98 Å². The Kier molecular flexibility index (Phi) is 9.73. The number of aromatic nitrogens is 1. The summed E-state index contributed by atoms with van der Waals surface area (Å²) in [4.78, 5) is 26.8. The van der Waals surface area contributed by atoms with Gasteiger partial charge in [0.15, 0.2) is 11.7 Å². The number of ether oxygens (including phenoxy) is 2. The second-order valence-electron chi connectivity index (χ2n) is 9.68. The molecule has 1 saturated heterocycles. The number of nitrogens with zero attached hydrogens (tertiary/aromatic N) is 4. The molecule has 1 N–H and O–H groups in total. The standard InChI is InChI=1S/C27H33BrClN5O3/c1-17(33-26(30-6)20-9-11-34(12-10-20)18(2)37-27(3,4)5)32-25-14-23(21(28)15-31-25)36-24-13-19(16-35)7-8-22(24)29/h7-8,13-16,20H,2,9-12H2,1,3-6H3,(H,30,31,32,33). The molecule has 37 heavy (non-hydrogen) atoms. The van der Waals surface area contributed by atoms with Crippen LogP contribution in [-0.2, 0) is 4.74 Å². The van der Waals surface area contributed by atoms with E-state index in [0.29, 0.717) is 44.1 Å². The van der Waals surface area contributed by atoms with E-state index in [1.807, 2.05) is 27.7 Å². The molecule has 198 valence electrons. The maximum Gasteiger partial charge on any atom is 0.182 e. The van der Waals surface area contributed by atoms with Gasteiger partial charge in [-0.3, -0.25) is 9.79 Å². The van der Waals surface area contributed by atoms with Gasteiger partial charge in [-0.05, 0) is 81.2 Å². The Balaban J connectivity index is 1.66. The number of hydrogen-bond donors (Lipinski definition) is 1. The van der Waals surface area contributed by atoms with Crippen LogP contribution in [0.3, 0.4) is 0 Å². The number of likely N-dealkylation sites (tertiary alicyclic amines) is 1. The SMILES string of the molecule is C=C(OC(C)(C)C)N1CCC(C(=NC)NC(C)=Nc2cc(Oc3cc(C=O)ccc3Cl)c(Br)cn2)CC1.